The highest BCUT2D eigenvalue weighted by atomic mass is 35.5. The summed E-state index contributed by atoms with van der Waals surface area (Å²) in [5, 5.41) is 9.75. The lowest BCUT2D eigenvalue weighted by Gasteiger charge is -2.33. The van der Waals surface area contributed by atoms with Gasteiger partial charge in [-0.1, -0.05) is 23.2 Å². The number of hydrogen-bond acceptors (Lipinski definition) is 3. The van der Waals surface area contributed by atoms with E-state index >= 15 is 0 Å². The summed E-state index contributed by atoms with van der Waals surface area (Å²) in [5.41, 5.74) is -0.344. The van der Waals surface area contributed by atoms with E-state index in [-0.39, 0.29) is 33.4 Å². The Balaban J connectivity index is 1.97. The van der Waals surface area contributed by atoms with Crippen LogP contribution in [0.4, 0.5) is 9.18 Å². The molecule has 0 saturated carbocycles. The minimum atomic E-state index is -0.670. The molecule has 0 unspecified atom stereocenters. The smallest absolute Gasteiger partial charge is 0.410 e. The predicted molar refractivity (Wildman–Crippen MR) is 92.3 cm³/mol. The Labute approximate surface area is 151 Å². The van der Waals surface area contributed by atoms with Crippen molar-refractivity contribution < 1.29 is 19.0 Å². The fourth-order valence-corrected chi connectivity index (χ4v) is 3.10. The highest BCUT2D eigenvalue weighted by Gasteiger charge is 2.28. The summed E-state index contributed by atoms with van der Waals surface area (Å²) in [4.78, 5) is 13.7. The van der Waals surface area contributed by atoms with Gasteiger partial charge in [-0.15, -0.1) is 0 Å². The zero-order chi connectivity index (χ0) is 18.1. The molecule has 1 aromatic carbocycles. The topological polar surface area (TPSA) is 49.8 Å². The quantitative estimate of drug-likeness (QED) is 0.735. The van der Waals surface area contributed by atoms with Crippen molar-refractivity contribution in [2.75, 3.05) is 13.1 Å². The van der Waals surface area contributed by atoms with Crippen LogP contribution in [0.25, 0.3) is 0 Å². The molecule has 1 amide bonds. The van der Waals surface area contributed by atoms with E-state index in [4.69, 9.17) is 27.9 Å². The van der Waals surface area contributed by atoms with Crippen LogP contribution in [0.2, 0.25) is 10.0 Å². The summed E-state index contributed by atoms with van der Waals surface area (Å²) in [6, 6.07) is 1.26. The van der Waals surface area contributed by atoms with E-state index < -0.39 is 11.4 Å². The van der Waals surface area contributed by atoms with Gasteiger partial charge in [-0.2, -0.15) is 0 Å². The van der Waals surface area contributed by atoms with Crippen molar-refractivity contribution in [1.29, 1.82) is 0 Å². The number of phenols is 1. The largest absolute Gasteiger partial charge is 0.508 e. The standard InChI is InChI=1S/C17H22Cl2FNO3/c1-17(2,3)24-16(23)21-6-4-10(5-7-21)8-11-13(22)9-12(18)14(19)15(11)20/h9-10,22H,4-8H2,1-3H3. The number of piperidine rings is 1. The lowest BCUT2D eigenvalue weighted by molar-refractivity contribution is 0.0183. The molecule has 1 fully saturated rings. The number of rotatable bonds is 2. The van der Waals surface area contributed by atoms with E-state index in [0.29, 0.717) is 32.4 Å². The average molecular weight is 378 g/mol. The molecule has 134 valence electrons. The Kier molecular flexibility index (Phi) is 5.87. The summed E-state index contributed by atoms with van der Waals surface area (Å²) in [6.45, 7) is 6.57. The third kappa shape index (κ3) is 4.67. The number of aromatic hydroxyl groups is 1. The molecule has 2 rings (SSSR count). The molecule has 0 radical (unpaired) electrons. The fraction of sp³-hybridized carbons (Fsp3) is 0.588. The molecular weight excluding hydrogens is 356 g/mol. The fourth-order valence-electron chi connectivity index (χ4n) is 2.75. The molecule has 0 spiro atoms. The van der Waals surface area contributed by atoms with Gasteiger partial charge in [0.1, 0.15) is 17.2 Å². The van der Waals surface area contributed by atoms with E-state index in [0.717, 1.165) is 0 Å². The minimum absolute atomic E-state index is 0.00448. The summed E-state index contributed by atoms with van der Waals surface area (Å²) >= 11 is 11.6. The lowest BCUT2D eigenvalue weighted by atomic mass is 9.89. The van der Waals surface area contributed by atoms with Gasteiger partial charge >= 0.3 is 6.09 Å². The third-order valence-corrected chi connectivity index (χ3v) is 4.76. The highest BCUT2D eigenvalue weighted by molar-refractivity contribution is 6.42. The molecule has 1 heterocycles. The van der Waals surface area contributed by atoms with E-state index in [9.17, 15) is 14.3 Å². The number of nitrogens with zero attached hydrogens (tertiary/aromatic N) is 1. The molecule has 4 nitrogen and oxygen atoms in total. The molecule has 0 aromatic heterocycles. The van der Waals surface area contributed by atoms with Crippen molar-refractivity contribution in [3.8, 4) is 5.75 Å². The Bertz CT molecular complexity index is 623. The van der Waals surface area contributed by atoms with E-state index in [1.165, 1.54) is 6.07 Å². The molecule has 1 aliphatic heterocycles. The first kappa shape index (κ1) is 19.1. The van der Waals surface area contributed by atoms with Gasteiger partial charge in [-0.05, 0) is 46.0 Å². The molecule has 24 heavy (non-hydrogen) atoms. The van der Waals surface area contributed by atoms with Gasteiger partial charge in [0.05, 0.1) is 10.0 Å². The Hall–Kier alpha value is -1.20. The third-order valence-electron chi connectivity index (χ3n) is 4.00. The minimum Gasteiger partial charge on any atom is -0.508 e. The number of amides is 1. The molecule has 0 atom stereocenters. The average Bonchev–Trinajstić information content (AvgIpc) is 2.48. The zero-order valence-electron chi connectivity index (χ0n) is 14.0. The van der Waals surface area contributed by atoms with Gasteiger partial charge in [0.15, 0.2) is 0 Å². The van der Waals surface area contributed by atoms with Crippen molar-refractivity contribution in [2.45, 2.75) is 45.6 Å². The highest BCUT2D eigenvalue weighted by Crippen LogP contribution is 2.36. The van der Waals surface area contributed by atoms with Gasteiger partial charge in [-0.3, -0.25) is 0 Å². The molecule has 1 N–H and O–H groups in total. The molecule has 1 saturated heterocycles. The molecular formula is C17H22Cl2FNO3. The van der Waals surface area contributed by atoms with Gasteiger partial charge < -0.3 is 14.7 Å². The molecule has 1 aromatic rings. The Morgan fingerprint density at radius 3 is 2.50 bits per heavy atom. The van der Waals surface area contributed by atoms with Crippen LogP contribution in [0.3, 0.4) is 0 Å². The number of benzene rings is 1. The van der Waals surface area contributed by atoms with Gasteiger partial charge in [0.25, 0.3) is 0 Å². The van der Waals surface area contributed by atoms with Crippen molar-refractivity contribution >= 4 is 29.3 Å². The maximum atomic E-state index is 14.2. The van der Waals surface area contributed by atoms with Crippen LogP contribution in [0.5, 0.6) is 5.75 Å². The first-order valence-electron chi connectivity index (χ1n) is 7.91. The maximum absolute atomic E-state index is 14.2. The summed E-state index contributed by atoms with van der Waals surface area (Å²) in [7, 11) is 0. The van der Waals surface area contributed by atoms with Crippen LogP contribution in [0.15, 0.2) is 6.07 Å². The normalized spacial score (nSPS) is 16.3. The maximum Gasteiger partial charge on any atom is 0.410 e. The Morgan fingerprint density at radius 2 is 1.96 bits per heavy atom. The number of hydrogen-bond donors (Lipinski definition) is 1. The second-order valence-electron chi connectivity index (χ2n) is 7.10. The lowest BCUT2D eigenvalue weighted by Crippen LogP contribution is -2.42. The Morgan fingerprint density at radius 1 is 1.38 bits per heavy atom. The molecule has 7 heteroatoms. The van der Waals surface area contributed by atoms with Gasteiger partial charge in [-0.25, -0.2) is 9.18 Å². The summed E-state index contributed by atoms with van der Waals surface area (Å²) in [5.74, 6) is -0.700. The predicted octanol–water partition coefficient (Wildman–Crippen LogP) is 5.03. The summed E-state index contributed by atoms with van der Waals surface area (Å²) < 4.78 is 19.6. The summed E-state index contributed by atoms with van der Waals surface area (Å²) in [6.07, 6.45) is 1.44. The number of ether oxygens (including phenoxy) is 1. The first-order valence-corrected chi connectivity index (χ1v) is 8.67. The van der Waals surface area contributed by atoms with E-state index in [1.807, 2.05) is 20.8 Å². The molecule has 1 aliphatic rings. The first-order chi connectivity index (χ1) is 11.1. The van der Waals surface area contributed by atoms with Crippen LogP contribution in [-0.2, 0) is 11.2 Å². The van der Waals surface area contributed by atoms with Gasteiger partial charge in [0.2, 0.25) is 0 Å². The van der Waals surface area contributed by atoms with Crippen LogP contribution in [0.1, 0.15) is 39.2 Å². The van der Waals surface area contributed by atoms with Crippen molar-refractivity contribution in [3.05, 3.63) is 27.5 Å². The van der Waals surface area contributed by atoms with E-state index in [2.05, 4.69) is 0 Å². The SMILES string of the molecule is CC(C)(C)OC(=O)N1CCC(Cc2c(O)cc(Cl)c(Cl)c2F)CC1. The monoisotopic (exact) mass is 377 g/mol. The number of carbonyl (C=O) groups excluding carboxylic acids is 1. The number of halogens is 3. The van der Waals surface area contributed by atoms with Gasteiger partial charge in [0, 0.05) is 24.7 Å². The number of likely N-dealkylation sites (tertiary alicyclic amines) is 1. The van der Waals surface area contributed by atoms with E-state index in [1.54, 1.807) is 4.90 Å². The van der Waals surface area contributed by atoms with Crippen molar-refractivity contribution in [3.63, 3.8) is 0 Å². The van der Waals surface area contributed by atoms with Crippen LogP contribution >= 0.6 is 23.2 Å². The number of carbonyl (C=O) groups is 1. The van der Waals surface area contributed by atoms with Crippen LogP contribution in [0, 0.1) is 11.7 Å². The van der Waals surface area contributed by atoms with Crippen LogP contribution in [-0.4, -0.2) is 34.8 Å². The second kappa shape index (κ2) is 7.36. The number of phenolic OH excluding ortho intramolecular Hbond substituents is 1. The van der Waals surface area contributed by atoms with Crippen molar-refractivity contribution in [1.82, 2.24) is 4.90 Å². The van der Waals surface area contributed by atoms with Crippen molar-refractivity contribution in [2.24, 2.45) is 5.92 Å². The molecule has 0 bridgehead atoms. The zero-order valence-corrected chi connectivity index (χ0v) is 15.5. The second-order valence-corrected chi connectivity index (χ2v) is 7.88. The van der Waals surface area contributed by atoms with Crippen LogP contribution < -0.4 is 0 Å². The molecule has 0 aliphatic carbocycles.